The molecule has 3 saturated heterocycles. The molecule has 0 amide bonds. The zero-order chi connectivity index (χ0) is 79.3. The van der Waals surface area contributed by atoms with Crippen molar-refractivity contribution in [3.05, 3.63) is 133 Å². The monoisotopic (exact) mass is 1770 g/mol. The van der Waals surface area contributed by atoms with E-state index >= 15 is 0 Å². The van der Waals surface area contributed by atoms with Crippen LogP contribution in [0.2, 0.25) is 0 Å². The number of aromatic carboxylic acids is 1. The van der Waals surface area contributed by atoms with Crippen LogP contribution >= 0.6 is 62.3 Å². The van der Waals surface area contributed by atoms with E-state index < -0.39 is 35.4 Å². The van der Waals surface area contributed by atoms with E-state index in [9.17, 15) is 32.7 Å². The molecule has 636 valence electrons. The predicted molar refractivity (Wildman–Crippen MR) is 452 cm³/mol. The Hall–Kier alpha value is -6.63. The van der Waals surface area contributed by atoms with Gasteiger partial charge in [0.1, 0.15) is 33.8 Å². The zero-order valence-corrected chi connectivity index (χ0v) is 72.6. The summed E-state index contributed by atoms with van der Waals surface area (Å²) in [5.41, 5.74) is 10.7. The second kappa shape index (κ2) is 32.8. The first-order valence-electron chi connectivity index (χ1n) is 43.3. The lowest BCUT2D eigenvalue weighted by Gasteiger charge is -2.31. The number of methoxy groups -OCH3 is 2. The molecule has 9 heterocycles. The summed E-state index contributed by atoms with van der Waals surface area (Å²) in [6.45, 7) is 4.76. The number of fused-ring (bicyclic) bond motifs is 9. The fourth-order valence-corrected chi connectivity index (χ4v) is 25.6. The number of aromatic nitrogens is 6. The second-order valence-corrected chi connectivity index (χ2v) is 41.8. The van der Waals surface area contributed by atoms with Crippen LogP contribution in [-0.4, -0.2) is 124 Å². The average molecular weight is 1770 g/mol. The van der Waals surface area contributed by atoms with Gasteiger partial charge in [-0.3, -0.25) is 0 Å². The van der Waals surface area contributed by atoms with Crippen LogP contribution in [0.25, 0.3) is 30.6 Å². The molecule has 3 aliphatic heterocycles. The molecule has 2 N–H and O–H groups in total. The number of ether oxygens (including phenoxy) is 5. The molecule has 24 rings (SSSR count). The molecule has 15 aliphatic rings. The van der Waals surface area contributed by atoms with Crippen molar-refractivity contribution in [1.82, 2.24) is 35.7 Å². The number of rotatable bonds is 20. The Bertz CT molecular complexity index is 5290. The van der Waals surface area contributed by atoms with Gasteiger partial charge in [0.25, 0.3) is 0 Å². The number of halogens is 5. The van der Waals surface area contributed by atoms with E-state index in [4.69, 9.17) is 32.5 Å². The van der Waals surface area contributed by atoms with E-state index in [1.807, 2.05) is 0 Å². The second-order valence-electron chi connectivity index (χ2n) is 37.5. The van der Waals surface area contributed by atoms with Gasteiger partial charge in [0.05, 0.1) is 100 Å². The average Bonchev–Trinajstić information content (AvgIpc) is 1.61. The van der Waals surface area contributed by atoms with Gasteiger partial charge in [-0.2, -0.15) is 0 Å². The first kappa shape index (κ1) is 82.0. The molecule has 15 fully saturated rings. The third-order valence-electron chi connectivity index (χ3n) is 30.0. The van der Waals surface area contributed by atoms with Crippen molar-refractivity contribution in [2.75, 3.05) is 43.7 Å². The third-order valence-corrected chi connectivity index (χ3v) is 33.5. The number of esters is 2. The molecule has 3 spiro atoms. The number of piperidine rings is 3. The van der Waals surface area contributed by atoms with E-state index in [2.05, 4.69) is 66.2 Å². The minimum absolute atomic E-state index is 0. The normalized spacial score (nSPS) is 27.0. The van der Waals surface area contributed by atoms with Gasteiger partial charge in [0, 0.05) is 102 Å². The highest BCUT2D eigenvalue weighted by molar-refractivity contribution is 9.11. The molecule has 0 radical (unpaired) electrons. The third kappa shape index (κ3) is 16.5. The summed E-state index contributed by atoms with van der Waals surface area (Å²) in [5, 5.41) is 28.3. The summed E-state index contributed by atoms with van der Waals surface area (Å²) in [4.78, 5) is 52.2. The zero-order valence-electron chi connectivity index (χ0n) is 67.7. The fourth-order valence-electron chi connectivity index (χ4n) is 21.9. The van der Waals surface area contributed by atoms with Crippen molar-refractivity contribution in [3.8, 4) is 0 Å². The molecule has 12 saturated carbocycles. The smallest absolute Gasteiger partial charge is 0.338 e. The molecular formula is C90H105BrClF3N9O12S3-. The minimum atomic E-state index is -1.13. The van der Waals surface area contributed by atoms with Crippen LogP contribution in [-0.2, 0) is 43.5 Å². The van der Waals surface area contributed by atoms with Crippen LogP contribution in [0.15, 0.2) is 53.9 Å². The Labute approximate surface area is 717 Å². The number of thiazole rings is 3. The molecule has 119 heavy (non-hydrogen) atoms. The van der Waals surface area contributed by atoms with Crippen LogP contribution in [0.1, 0.15) is 310 Å². The van der Waals surface area contributed by atoms with Crippen LogP contribution in [0, 0.1) is 58.9 Å². The Morgan fingerprint density at radius 1 is 0.479 bits per heavy atom. The van der Waals surface area contributed by atoms with Crippen LogP contribution in [0.3, 0.4) is 0 Å². The number of anilines is 2. The highest BCUT2D eigenvalue weighted by atomic mass is 79.9. The van der Waals surface area contributed by atoms with Gasteiger partial charge in [0.15, 0.2) is 31.6 Å². The van der Waals surface area contributed by atoms with Crippen LogP contribution in [0.5, 0.6) is 0 Å². The Kier molecular flexibility index (Phi) is 22.6. The molecule has 6 bridgehead atoms. The lowest BCUT2D eigenvalue weighted by atomic mass is 9.77. The van der Waals surface area contributed by atoms with Crippen molar-refractivity contribution in [2.24, 2.45) is 34.0 Å². The summed E-state index contributed by atoms with van der Waals surface area (Å²) in [7, 11) is 2.56. The molecule has 0 unspecified atom stereocenters. The SMILES string of the molecule is C(O[C@@H]1C[C@@H]2C[C@H]1CN2)c1c(C2CCC3(CC2)CC3)noc1C1CC1.COC(=O)c1cc(F)c2nc(Br)sc2c1.COC(=O)c1cc(F)c2nc(N3C[C@@H]4C[C@H]3C[C@H]4OCc3c(C4CCC5(CC4)CC5)noc3C3CC3)sc2c1.Cl.O=C(O)c1cc(F)c2nc(N3C[C@@H]4C[C@H]3C[C@H]4OCc3c(C4CCC5(CC4)CC5)noc3C3CC3)sc2c1.[CH3-]. The van der Waals surface area contributed by atoms with E-state index in [-0.39, 0.29) is 59.8 Å². The number of carbonyl (C=O) groups is 3. The van der Waals surface area contributed by atoms with E-state index in [0.29, 0.717) is 119 Å². The van der Waals surface area contributed by atoms with E-state index in [1.165, 1.54) is 267 Å². The number of hydrogen-bond acceptors (Lipinski definition) is 23. The van der Waals surface area contributed by atoms with Crippen molar-refractivity contribution >= 4 is 121 Å². The molecule has 9 aromatic rings. The summed E-state index contributed by atoms with van der Waals surface area (Å²) >= 11 is 7.25. The van der Waals surface area contributed by atoms with Gasteiger partial charge in [-0.1, -0.05) is 38.1 Å². The molecular weight excluding hydrogens is 1670 g/mol. The number of nitrogens with one attached hydrogen (secondary N) is 1. The minimum Gasteiger partial charge on any atom is -0.478 e. The number of carboxylic acid groups (broad SMARTS) is 1. The molecule has 21 nitrogen and oxygen atoms in total. The van der Waals surface area contributed by atoms with Crippen molar-refractivity contribution in [2.45, 2.75) is 284 Å². The van der Waals surface area contributed by atoms with Gasteiger partial charge in [-0.25, -0.2) is 42.5 Å². The maximum Gasteiger partial charge on any atom is 0.338 e. The van der Waals surface area contributed by atoms with Gasteiger partial charge in [-0.05, 0) is 267 Å². The Balaban J connectivity index is 0.000000110. The number of nitrogens with zero attached hydrogens (tertiary/aromatic N) is 8. The largest absolute Gasteiger partial charge is 0.478 e. The maximum atomic E-state index is 14.7. The first-order chi connectivity index (χ1) is 56.9. The maximum absolute atomic E-state index is 14.7. The predicted octanol–water partition coefficient (Wildman–Crippen LogP) is 21.4. The Morgan fingerprint density at radius 3 is 1.17 bits per heavy atom. The van der Waals surface area contributed by atoms with Gasteiger partial charge >= 0.3 is 17.9 Å². The van der Waals surface area contributed by atoms with Gasteiger partial charge < -0.3 is 64.9 Å². The highest BCUT2D eigenvalue weighted by Gasteiger charge is 2.53. The summed E-state index contributed by atoms with van der Waals surface area (Å²) < 4.78 is 91.9. The number of carbonyl (C=O) groups excluding carboxylic acids is 2. The van der Waals surface area contributed by atoms with E-state index in [0.717, 1.165) is 97.2 Å². The number of carboxylic acids is 1. The van der Waals surface area contributed by atoms with Crippen molar-refractivity contribution in [3.63, 3.8) is 0 Å². The first-order valence-corrected chi connectivity index (χ1v) is 46.5. The quantitative estimate of drug-likeness (QED) is 0.0531. The fraction of sp³-hybridized carbons (Fsp3) is 0.622. The number of benzene rings is 3. The molecule has 3 aromatic carbocycles. The van der Waals surface area contributed by atoms with Gasteiger partial charge in [-0.15, -0.1) is 23.7 Å². The molecule has 29 heteroatoms. The van der Waals surface area contributed by atoms with E-state index in [1.54, 1.807) is 12.1 Å². The lowest BCUT2D eigenvalue weighted by molar-refractivity contribution is 0.00848. The van der Waals surface area contributed by atoms with Crippen LogP contribution in [0.4, 0.5) is 23.4 Å². The van der Waals surface area contributed by atoms with Crippen LogP contribution < -0.4 is 15.1 Å². The highest BCUT2D eigenvalue weighted by Crippen LogP contribution is 2.62. The molecule has 6 aromatic heterocycles. The summed E-state index contributed by atoms with van der Waals surface area (Å²) in [5.74, 6) is 4.39. The number of hydrogen-bond donors (Lipinski definition) is 2. The summed E-state index contributed by atoms with van der Waals surface area (Å²) in [6, 6.07) is 9.50. The lowest BCUT2D eigenvalue weighted by Crippen LogP contribution is -2.38. The Morgan fingerprint density at radius 2 is 0.840 bits per heavy atom. The summed E-state index contributed by atoms with van der Waals surface area (Å²) in [6.07, 6.45) is 38.9. The van der Waals surface area contributed by atoms with Crippen molar-refractivity contribution in [1.29, 1.82) is 0 Å². The van der Waals surface area contributed by atoms with Crippen molar-refractivity contribution < 1.29 is 69.9 Å². The standard InChI is InChI=1S/C30H34FN3O4S.C29H32FN3O4S.C21H30N2O2.C9H5BrFNO2S.CH3.ClH/c1-36-28(35)18-11-22(31)26-24(12-18)39-29(32-26)34-14-19-10-20(34)13-23(19)37-15-21-25(33-38-27(21)17-2-3-17)16-4-6-30(7-5-16)8-9-30;30-21-10-17(27(34)35)11-23-25(21)31-28(38-23)33-13-18-9-19(33)12-22(18)36-14-20-24(32-37-26(20)16-1-2-16)15-3-5-29(6-4-15)7-8-29;1-2-14(1)20-17(12-24-18-10-16-9-15(18)11-22-16)19(23-25-20)13-3-5-21(6-4-13)7-8-21;1-14-8(13)4-2-5(11)7-6(3-4)15-9(10)12-7;;/h11-12,16-17,19-20,23H,2-10,13-15H2,1H3;10-11,15-16,18-19,22H,1-9,12-14H2,(H,34,35);13-16,18,22H,1-12H2;2-3H,1H3;1H3;1H/q;;;;-1;/t19-,20-,23+;18-,19-,22+;15-,16-,18+;;;/m000.../s1. The topological polar surface area (TPSA) is 253 Å². The van der Waals surface area contributed by atoms with Gasteiger partial charge in [0.2, 0.25) is 0 Å². The molecule has 9 atom stereocenters. The molecule has 12 aliphatic carbocycles.